The number of rotatable bonds is 5. The molecule has 0 spiro atoms. The molecule has 4 rings (SSSR count). The molecule has 26 heavy (non-hydrogen) atoms. The van der Waals surface area contributed by atoms with Crippen molar-refractivity contribution in [3.63, 3.8) is 0 Å². The summed E-state index contributed by atoms with van der Waals surface area (Å²) in [6.07, 6.45) is 6.12. The average molecular weight is 415 g/mol. The van der Waals surface area contributed by atoms with Gasteiger partial charge < -0.3 is 0 Å². The molecule has 0 nitrogen and oxygen atoms in total. The zero-order valence-corrected chi connectivity index (χ0v) is 17.7. The summed E-state index contributed by atoms with van der Waals surface area (Å²) in [5.41, 5.74) is 9.85. The van der Waals surface area contributed by atoms with Crippen LogP contribution in [0, 0.1) is 0 Å². The van der Waals surface area contributed by atoms with Crippen LogP contribution in [0.25, 0.3) is 22.8 Å². The topological polar surface area (TPSA) is 0 Å². The van der Waals surface area contributed by atoms with Crippen LogP contribution in [-0.4, -0.2) is 0 Å². The molecule has 1 unspecified atom stereocenters. The first-order chi connectivity index (χ1) is 12.8. The van der Waals surface area contributed by atoms with E-state index in [0.717, 1.165) is 0 Å². The third kappa shape index (κ3) is 3.43. The quantitative estimate of drug-likeness (QED) is 0.429. The number of hydrogen-bond donors (Lipinski definition) is 0. The Kier molecular flexibility index (Phi) is 5.37. The maximum absolute atomic E-state index is 2.42. The van der Waals surface area contributed by atoms with Crippen molar-refractivity contribution in [2.45, 2.75) is 29.8 Å². The number of hydrogen-bond acceptors (Lipinski definition) is 0. The van der Waals surface area contributed by atoms with Gasteiger partial charge in [-0.3, -0.25) is 0 Å². The summed E-state index contributed by atoms with van der Waals surface area (Å²) in [6, 6.07) is 26.8. The molecule has 127 valence electrons. The molecular weight excluding hydrogens is 391 g/mol. The van der Waals surface area contributed by atoms with E-state index in [1.165, 1.54) is 58.2 Å². The van der Waals surface area contributed by atoms with E-state index < -0.39 is 0 Å². The van der Waals surface area contributed by atoms with E-state index >= 15 is 0 Å². The summed E-state index contributed by atoms with van der Waals surface area (Å²) in [7, 11) is 0. The van der Waals surface area contributed by atoms with Crippen molar-refractivity contribution >= 4 is 11.6 Å². The van der Waals surface area contributed by atoms with E-state index in [-0.39, 0.29) is 0 Å². The average Bonchev–Trinajstić information content (AvgIpc) is 3.04. The summed E-state index contributed by atoms with van der Waals surface area (Å²) >= 11 is 1.56. The molecule has 3 aromatic rings. The fourth-order valence-corrected chi connectivity index (χ4v) is 5.00. The molecule has 1 atom stereocenters. The predicted molar refractivity (Wildman–Crippen MR) is 108 cm³/mol. The maximum atomic E-state index is 2.42. The van der Waals surface area contributed by atoms with Gasteiger partial charge in [-0.15, -0.1) is 0 Å². The molecule has 0 saturated carbocycles. The molecule has 0 saturated heterocycles. The molecule has 0 N–H and O–H groups in total. The zero-order chi connectivity index (χ0) is 17.9. The van der Waals surface area contributed by atoms with Crippen molar-refractivity contribution in [1.82, 2.24) is 0 Å². The van der Waals surface area contributed by atoms with Gasteiger partial charge in [0.1, 0.15) is 0 Å². The second kappa shape index (κ2) is 7.89. The van der Waals surface area contributed by atoms with Crippen molar-refractivity contribution < 1.29 is 24.7 Å². The summed E-state index contributed by atoms with van der Waals surface area (Å²) in [5, 5.41) is 0. The van der Waals surface area contributed by atoms with E-state index in [1.807, 2.05) is 0 Å². The van der Waals surface area contributed by atoms with Crippen LogP contribution in [0.4, 0.5) is 0 Å². The van der Waals surface area contributed by atoms with E-state index in [1.54, 1.807) is 24.7 Å². The van der Waals surface area contributed by atoms with Gasteiger partial charge in [0, 0.05) is 0 Å². The van der Waals surface area contributed by atoms with Crippen molar-refractivity contribution in [3.05, 3.63) is 95.1 Å². The van der Waals surface area contributed by atoms with Gasteiger partial charge in [0.05, 0.1) is 0 Å². The van der Waals surface area contributed by atoms with Crippen molar-refractivity contribution in [3.8, 4) is 11.1 Å². The Morgan fingerprint density at radius 3 is 2.31 bits per heavy atom. The van der Waals surface area contributed by atoms with E-state index in [2.05, 4.69) is 85.8 Å². The molecular formula is C25H23Zr. The van der Waals surface area contributed by atoms with Gasteiger partial charge in [0.15, 0.2) is 0 Å². The van der Waals surface area contributed by atoms with Crippen LogP contribution in [0.1, 0.15) is 45.6 Å². The Morgan fingerprint density at radius 2 is 1.58 bits per heavy atom. The summed E-state index contributed by atoms with van der Waals surface area (Å²) < 4.78 is 0.531. The number of benzene rings is 3. The van der Waals surface area contributed by atoms with Gasteiger partial charge >= 0.3 is 172 Å². The molecule has 1 aliphatic rings. The zero-order valence-electron chi connectivity index (χ0n) is 15.2. The van der Waals surface area contributed by atoms with Crippen LogP contribution in [-0.2, 0) is 31.1 Å². The van der Waals surface area contributed by atoms with Gasteiger partial charge in [-0.1, -0.05) is 0 Å². The van der Waals surface area contributed by atoms with E-state index in [9.17, 15) is 0 Å². The minimum absolute atomic E-state index is 0.531. The SMILES string of the molecule is CCCCc1ccc(-c2cccc3c2C=C(c2ccccc2)[CH]3[Zr])cc1. The first-order valence-corrected chi connectivity index (χ1v) is 10.9. The Morgan fingerprint density at radius 1 is 0.808 bits per heavy atom. The third-order valence-corrected chi connectivity index (χ3v) is 6.78. The van der Waals surface area contributed by atoms with Gasteiger partial charge in [-0.05, 0) is 0 Å². The van der Waals surface area contributed by atoms with Crippen molar-refractivity contribution in [1.29, 1.82) is 0 Å². The molecule has 1 aliphatic carbocycles. The molecule has 0 fully saturated rings. The second-order valence-corrected chi connectivity index (χ2v) is 8.43. The molecule has 1 heteroatoms. The number of unbranched alkanes of at least 4 members (excludes halogenated alkanes) is 1. The first-order valence-electron chi connectivity index (χ1n) is 9.48. The van der Waals surface area contributed by atoms with Crippen LogP contribution in [0.2, 0.25) is 0 Å². The standard InChI is InChI=1S/C25H23.Zr/c1-2-3-8-19-13-15-21(16-14-19)24-12-7-11-22-17-23(18-25(22)24)20-9-5-4-6-10-20;/h4-7,9-18H,2-3,8H2,1H3;. The normalized spacial score (nSPS) is 15.5. The number of fused-ring (bicyclic) bond motifs is 1. The molecule has 0 amide bonds. The minimum atomic E-state index is 0.531. The number of allylic oxidation sites excluding steroid dienone is 1. The Hall–Kier alpha value is -1.72. The summed E-state index contributed by atoms with van der Waals surface area (Å²) in [6.45, 7) is 2.25. The van der Waals surface area contributed by atoms with Gasteiger partial charge in [-0.2, -0.15) is 0 Å². The van der Waals surface area contributed by atoms with Crippen LogP contribution in [0.5, 0.6) is 0 Å². The van der Waals surface area contributed by atoms with Crippen LogP contribution >= 0.6 is 0 Å². The van der Waals surface area contributed by atoms with E-state index in [4.69, 9.17) is 0 Å². The van der Waals surface area contributed by atoms with Gasteiger partial charge in [-0.25, -0.2) is 0 Å². The second-order valence-electron chi connectivity index (χ2n) is 7.01. The van der Waals surface area contributed by atoms with Gasteiger partial charge in [0.2, 0.25) is 0 Å². The monoisotopic (exact) mass is 413 g/mol. The molecule has 3 aromatic carbocycles. The molecule has 0 heterocycles. The predicted octanol–water partition coefficient (Wildman–Crippen LogP) is 6.84. The molecule has 0 aromatic heterocycles. The fraction of sp³-hybridized carbons (Fsp3) is 0.200. The number of aryl methyl sites for hydroxylation is 1. The third-order valence-electron chi connectivity index (χ3n) is 5.25. The van der Waals surface area contributed by atoms with Crippen LogP contribution in [0.15, 0.2) is 72.8 Å². The molecule has 0 aliphatic heterocycles. The van der Waals surface area contributed by atoms with Gasteiger partial charge in [0.25, 0.3) is 0 Å². The Bertz CT molecular complexity index is 920. The summed E-state index contributed by atoms with van der Waals surface area (Å²) in [5.74, 6) is 0. The van der Waals surface area contributed by atoms with E-state index in [0.29, 0.717) is 3.63 Å². The Labute approximate surface area is 171 Å². The fourth-order valence-electron chi connectivity index (χ4n) is 3.77. The molecule has 0 bridgehead atoms. The molecule has 0 radical (unpaired) electrons. The Balaban J connectivity index is 1.72. The first kappa shape index (κ1) is 17.7. The van der Waals surface area contributed by atoms with Crippen molar-refractivity contribution in [2.75, 3.05) is 0 Å². The summed E-state index contributed by atoms with van der Waals surface area (Å²) in [4.78, 5) is 0. The van der Waals surface area contributed by atoms with Crippen LogP contribution < -0.4 is 0 Å². The van der Waals surface area contributed by atoms with Crippen LogP contribution in [0.3, 0.4) is 0 Å². The van der Waals surface area contributed by atoms with Crippen molar-refractivity contribution in [2.24, 2.45) is 0 Å².